The van der Waals surface area contributed by atoms with Crippen molar-refractivity contribution in [3.05, 3.63) is 0 Å². The van der Waals surface area contributed by atoms with Crippen LogP contribution in [0.15, 0.2) is 0 Å². The zero-order chi connectivity index (χ0) is 17.8. The van der Waals surface area contributed by atoms with Gasteiger partial charge in [-0.05, 0) is 12.8 Å². The number of esters is 1. The minimum absolute atomic E-state index is 0.0790. The first-order chi connectivity index (χ1) is 11.3. The van der Waals surface area contributed by atoms with Crippen molar-refractivity contribution in [2.45, 2.75) is 45.6 Å². The van der Waals surface area contributed by atoms with E-state index < -0.39 is 25.2 Å². The Labute approximate surface area is 142 Å². The molecule has 0 aromatic heterocycles. The molecule has 1 amide bonds. The molecule has 1 N–H and O–H groups in total. The highest BCUT2D eigenvalue weighted by Crippen LogP contribution is 2.59. The Morgan fingerprint density at radius 2 is 1.96 bits per heavy atom. The highest BCUT2D eigenvalue weighted by Gasteiger charge is 2.50. The van der Waals surface area contributed by atoms with Gasteiger partial charge in [-0.3, -0.25) is 18.6 Å². The number of hydrogen-bond donors (Lipinski definition) is 1. The monoisotopic (exact) mass is 362 g/mol. The molecule has 0 radical (unpaired) electrons. The molecule has 0 spiro atoms. The molecule has 2 fully saturated rings. The number of amides is 1. The van der Waals surface area contributed by atoms with Crippen molar-refractivity contribution in [1.29, 1.82) is 0 Å². The fourth-order valence-electron chi connectivity index (χ4n) is 2.79. The van der Waals surface area contributed by atoms with Gasteiger partial charge in [0.2, 0.25) is 5.91 Å². The SMILES string of the molecule is COC(=O)CCNC(=O)[C@@H]1O[P@@](=O)(N2CCCCC2)OCC1(C)C. The number of ether oxygens (including phenoxy) is 1. The molecule has 0 bridgehead atoms. The third-order valence-corrected chi connectivity index (χ3v) is 6.35. The van der Waals surface area contributed by atoms with E-state index in [1.807, 2.05) is 13.8 Å². The topological polar surface area (TPSA) is 94.2 Å². The Morgan fingerprint density at radius 3 is 2.58 bits per heavy atom. The van der Waals surface area contributed by atoms with Crippen molar-refractivity contribution in [3.63, 3.8) is 0 Å². The van der Waals surface area contributed by atoms with Crippen LogP contribution in [0.5, 0.6) is 0 Å². The van der Waals surface area contributed by atoms with Gasteiger partial charge in [0.1, 0.15) is 0 Å². The highest BCUT2D eigenvalue weighted by atomic mass is 31.2. The molecule has 2 heterocycles. The van der Waals surface area contributed by atoms with Crippen molar-refractivity contribution in [2.75, 3.05) is 33.4 Å². The first kappa shape index (κ1) is 19.4. The molecule has 2 aliphatic heterocycles. The molecule has 2 saturated heterocycles. The maximum Gasteiger partial charge on any atom is 0.408 e. The van der Waals surface area contributed by atoms with Crippen molar-refractivity contribution in [3.8, 4) is 0 Å². The van der Waals surface area contributed by atoms with Gasteiger partial charge in [-0.2, -0.15) is 0 Å². The molecular formula is C15H27N2O6P. The van der Waals surface area contributed by atoms with Crippen LogP contribution in [0.3, 0.4) is 0 Å². The summed E-state index contributed by atoms with van der Waals surface area (Å²) in [6.45, 7) is 5.28. The van der Waals surface area contributed by atoms with Gasteiger partial charge < -0.3 is 10.1 Å². The minimum atomic E-state index is -3.45. The van der Waals surface area contributed by atoms with E-state index >= 15 is 0 Å². The van der Waals surface area contributed by atoms with Crippen molar-refractivity contribution >= 4 is 19.6 Å². The molecule has 0 saturated carbocycles. The predicted octanol–water partition coefficient (Wildman–Crippen LogP) is 1.70. The summed E-state index contributed by atoms with van der Waals surface area (Å²) in [6, 6.07) is 0. The van der Waals surface area contributed by atoms with Gasteiger partial charge in [0, 0.05) is 25.0 Å². The first-order valence-electron chi connectivity index (χ1n) is 8.31. The van der Waals surface area contributed by atoms with E-state index in [-0.39, 0.29) is 25.5 Å². The molecule has 2 rings (SSSR count). The largest absolute Gasteiger partial charge is 0.469 e. The second-order valence-corrected chi connectivity index (χ2v) is 8.82. The van der Waals surface area contributed by atoms with Crippen LogP contribution < -0.4 is 5.32 Å². The Hall–Kier alpha value is -0.950. The van der Waals surface area contributed by atoms with Crippen LogP contribution in [0.4, 0.5) is 0 Å². The molecule has 138 valence electrons. The number of hydrogen-bond acceptors (Lipinski definition) is 6. The molecule has 8 nitrogen and oxygen atoms in total. The van der Waals surface area contributed by atoms with Gasteiger partial charge in [-0.15, -0.1) is 0 Å². The number of carbonyl (C=O) groups is 2. The lowest BCUT2D eigenvalue weighted by Gasteiger charge is -2.44. The molecule has 0 aliphatic carbocycles. The normalized spacial score (nSPS) is 30.5. The molecule has 24 heavy (non-hydrogen) atoms. The fourth-order valence-corrected chi connectivity index (χ4v) is 5.06. The van der Waals surface area contributed by atoms with Gasteiger partial charge in [-0.1, -0.05) is 20.3 Å². The smallest absolute Gasteiger partial charge is 0.408 e. The lowest BCUT2D eigenvalue weighted by atomic mass is 9.87. The van der Waals surface area contributed by atoms with E-state index in [0.29, 0.717) is 13.1 Å². The van der Waals surface area contributed by atoms with E-state index in [4.69, 9.17) is 9.05 Å². The Bertz CT molecular complexity index is 518. The number of rotatable bonds is 5. The zero-order valence-electron chi connectivity index (χ0n) is 14.6. The molecule has 0 aromatic carbocycles. The summed E-state index contributed by atoms with van der Waals surface area (Å²) >= 11 is 0. The second kappa shape index (κ2) is 7.95. The summed E-state index contributed by atoms with van der Waals surface area (Å²) < 4.78 is 30.6. The summed E-state index contributed by atoms with van der Waals surface area (Å²) in [5.74, 6) is -0.786. The summed E-state index contributed by atoms with van der Waals surface area (Å²) in [5, 5.41) is 2.65. The first-order valence-corrected chi connectivity index (χ1v) is 9.81. The van der Waals surface area contributed by atoms with Gasteiger partial charge in [0.15, 0.2) is 6.10 Å². The maximum atomic E-state index is 13.0. The van der Waals surface area contributed by atoms with Crippen LogP contribution in [0.2, 0.25) is 0 Å². The van der Waals surface area contributed by atoms with E-state index in [1.165, 1.54) is 7.11 Å². The Morgan fingerprint density at radius 1 is 1.29 bits per heavy atom. The number of piperidine rings is 1. The van der Waals surface area contributed by atoms with E-state index in [9.17, 15) is 14.2 Å². The molecule has 9 heteroatoms. The van der Waals surface area contributed by atoms with Gasteiger partial charge >= 0.3 is 13.7 Å². The lowest BCUT2D eigenvalue weighted by molar-refractivity contribution is -0.142. The summed E-state index contributed by atoms with van der Waals surface area (Å²) in [5.41, 5.74) is -0.612. The Balaban J connectivity index is 2.01. The van der Waals surface area contributed by atoms with Crippen molar-refractivity contribution < 1.29 is 27.9 Å². The van der Waals surface area contributed by atoms with Crippen molar-refractivity contribution in [1.82, 2.24) is 9.99 Å². The summed E-state index contributed by atoms with van der Waals surface area (Å²) in [7, 11) is -2.16. The second-order valence-electron chi connectivity index (χ2n) is 6.85. The number of carbonyl (C=O) groups excluding carboxylic acids is 2. The molecular weight excluding hydrogens is 335 g/mol. The summed E-state index contributed by atoms with van der Waals surface area (Å²) in [6.07, 6.45) is 2.16. The number of nitrogens with zero attached hydrogens (tertiary/aromatic N) is 1. The van der Waals surface area contributed by atoms with E-state index in [2.05, 4.69) is 10.1 Å². The van der Waals surface area contributed by atoms with Crippen LogP contribution in [-0.4, -0.2) is 56.0 Å². The van der Waals surface area contributed by atoms with Crippen molar-refractivity contribution in [2.24, 2.45) is 5.41 Å². The molecule has 2 atom stereocenters. The highest BCUT2D eigenvalue weighted by molar-refractivity contribution is 7.51. The average molecular weight is 362 g/mol. The molecule has 0 unspecified atom stereocenters. The van der Waals surface area contributed by atoms with Crippen LogP contribution in [0.25, 0.3) is 0 Å². The number of methoxy groups -OCH3 is 1. The lowest BCUT2D eigenvalue weighted by Crippen LogP contribution is -2.51. The van der Waals surface area contributed by atoms with Crippen LogP contribution >= 0.6 is 7.75 Å². The third-order valence-electron chi connectivity index (χ3n) is 4.32. The van der Waals surface area contributed by atoms with Crippen LogP contribution in [-0.2, 0) is 27.9 Å². The predicted molar refractivity (Wildman–Crippen MR) is 87.3 cm³/mol. The fraction of sp³-hybridized carbons (Fsp3) is 0.867. The quantitative estimate of drug-likeness (QED) is 0.588. The standard InChI is InChI=1S/C15H27N2O6P/c1-15(2)11-22-24(20,17-9-5-4-6-10-17)23-13(15)14(19)16-8-7-12(18)21-3/h13H,4-11H2,1-3H3,(H,16,19)/t13-,24+/m0/s1. The van der Waals surface area contributed by atoms with E-state index in [1.54, 1.807) is 4.67 Å². The maximum absolute atomic E-state index is 13.0. The van der Waals surface area contributed by atoms with E-state index in [0.717, 1.165) is 19.3 Å². The van der Waals surface area contributed by atoms with Gasteiger partial charge in [-0.25, -0.2) is 9.24 Å². The van der Waals surface area contributed by atoms with Crippen LogP contribution in [0.1, 0.15) is 39.5 Å². The zero-order valence-corrected chi connectivity index (χ0v) is 15.5. The van der Waals surface area contributed by atoms with Gasteiger partial charge in [0.05, 0.1) is 20.1 Å². The van der Waals surface area contributed by atoms with Gasteiger partial charge in [0.25, 0.3) is 0 Å². The Kier molecular flexibility index (Phi) is 6.42. The average Bonchev–Trinajstić information content (AvgIpc) is 2.57. The summed E-state index contributed by atoms with van der Waals surface area (Å²) in [4.78, 5) is 23.6. The molecule has 0 aromatic rings. The number of nitrogens with one attached hydrogen (secondary N) is 1. The minimum Gasteiger partial charge on any atom is -0.469 e. The van der Waals surface area contributed by atoms with Crippen LogP contribution in [0, 0.1) is 5.41 Å². The third kappa shape index (κ3) is 4.57. The molecule has 2 aliphatic rings.